The molecule has 2 aromatic carbocycles. The lowest BCUT2D eigenvalue weighted by Crippen LogP contribution is -2.21. The number of fused-ring (bicyclic) bond motifs is 1. The third kappa shape index (κ3) is 7.87. The van der Waals surface area contributed by atoms with Crippen LogP contribution in [0.15, 0.2) is 57.9 Å². The van der Waals surface area contributed by atoms with Crippen LogP contribution in [0.1, 0.15) is 5.56 Å². The Hall–Kier alpha value is -4.76. The molecule has 0 unspecified atom stereocenters. The Kier molecular flexibility index (Phi) is 7.59. The number of aromatic nitrogens is 3. The number of hydrogen-bond donors (Lipinski definition) is 4. The number of aromatic amines is 1. The summed E-state index contributed by atoms with van der Waals surface area (Å²) in [7, 11) is 0. The number of carboxylic acids is 1. The van der Waals surface area contributed by atoms with Crippen LogP contribution in [0, 0.1) is 6.92 Å². The maximum atomic E-state index is 12.2. The molecule has 4 N–H and O–H groups in total. The van der Waals surface area contributed by atoms with Crippen LogP contribution in [-0.4, -0.2) is 38.6 Å². The molecule has 10 nitrogen and oxygen atoms in total. The zero-order valence-corrected chi connectivity index (χ0v) is 18.4. The number of H-pyrrole nitrogens is 1. The van der Waals surface area contributed by atoms with Gasteiger partial charge in [-0.2, -0.15) is 18.2 Å². The van der Waals surface area contributed by atoms with Crippen molar-refractivity contribution in [2.45, 2.75) is 19.5 Å². The summed E-state index contributed by atoms with van der Waals surface area (Å²) in [4.78, 5) is 31.3. The Morgan fingerprint density at radius 1 is 1.03 bits per heavy atom. The number of ether oxygens (including phenoxy) is 1. The number of nitrogens with one attached hydrogen (secondary N) is 3. The fourth-order valence-corrected chi connectivity index (χ4v) is 2.66. The molecule has 4 aromatic rings. The summed E-state index contributed by atoms with van der Waals surface area (Å²) in [5, 5.41) is 13.2. The van der Waals surface area contributed by atoms with Crippen LogP contribution in [0.4, 0.5) is 49.5 Å². The molecule has 0 aliphatic heterocycles. The molecule has 0 saturated heterocycles. The van der Waals surface area contributed by atoms with Gasteiger partial charge in [0, 0.05) is 23.1 Å². The number of carboxylic acid groups (broad SMARTS) is 1. The first-order valence-electron chi connectivity index (χ1n) is 9.86. The molecule has 16 heteroatoms. The number of nitrogens with zero attached hydrogens (tertiary/aromatic N) is 2. The van der Waals surface area contributed by atoms with Crippen molar-refractivity contribution in [3.8, 4) is 5.75 Å². The fraction of sp³-hybridized carbons (Fsp3) is 0.143. The molecule has 0 aliphatic rings. The second-order valence-electron chi connectivity index (χ2n) is 7.08. The predicted molar refractivity (Wildman–Crippen MR) is 117 cm³/mol. The second-order valence-corrected chi connectivity index (χ2v) is 7.08. The number of aryl methyl sites for hydroxylation is 1. The van der Waals surface area contributed by atoms with Gasteiger partial charge in [-0.25, -0.2) is 14.6 Å². The smallest absolute Gasteiger partial charge is 0.475 e. The predicted octanol–water partition coefficient (Wildman–Crippen LogP) is 5.24. The average molecular weight is 531 g/mol. The number of alkyl halides is 6. The van der Waals surface area contributed by atoms with E-state index >= 15 is 0 Å². The molecule has 0 spiro atoms. The highest BCUT2D eigenvalue weighted by Gasteiger charge is 2.38. The van der Waals surface area contributed by atoms with Gasteiger partial charge in [-0.05, 0) is 49.4 Å². The number of aliphatic carboxylic acids is 1. The zero-order chi connectivity index (χ0) is 27.4. The summed E-state index contributed by atoms with van der Waals surface area (Å²) in [6.45, 7) is 1.81. The fourth-order valence-electron chi connectivity index (χ4n) is 2.66. The molecule has 4 rings (SSSR count). The third-order valence-electron chi connectivity index (χ3n) is 4.24. The van der Waals surface area contributed by atoms with Crippen LogP contribution in [0.3, 0.4) is 0 Å². The first-order chi connectivity index (χ1) is 17.2. The summed E-state index contributed by atoms with van der Waals surface area (Å²) in [6, 6.07) is 10.3. The number of anilines is 4. The van der Waals surface area contributed by atoms with Gasteiger partial charge in [0.15, 0.2) is 5.58 Å². The van der Waals surface area contributed by atoms with Crippen LogP contribution < -0.4 is 21.1 Å². The van der Waals surface area contributed by atoms with Crippen molar-refractivity contribution in [2.75, 3.05) is 10.6 Å². The van der Waals surface area contributed by atoms with Gasteiger partial charge >= 0.3 is 24.3 Å². The molecule has 0 atom stereocenters. The number of rotatable bonds is 5. The Bertz CT molecular complexity index is 1450. The van der Waals surface area contributed by atoms with Crippen LogP contribution in [0.25, 0.3) is 11.1 Å². The monoisotopic (exact) mass is 531 g/mol. The van der Waals surface area contributed by atoms with Crippen molar-refractivity contribution in [1.29, 1.82) is 0 Å². The van der Waals surface area contributed by atoms with Gasteiger partial charge in [-0.1, -0.05) is 0 Å². The molecule has 2 heterocycles. The number of carbonyl (C=O) groups is 1. The number of oxazole rings is 1. The Balaban J connectivity index is 0.000000479. The maximum Gasteiger partial charge on any atom is 0.573 e. The van der Waals surface area contributed by atoms with E-state index < -0.39 is 24.3 Å². The largest absolute Gasteiger partial charge is 0.573 e. The number of halogens is 6. The SMILES string of the molecule is Cc1cnc(Nc2ccc(OC(F)(F)F)cc2)nc1Nc1ccc2oc(=O)[nH]c2c1.O=C(O)C(F)(F)F. The molecule has 196 valence electrons. The van der Waals surface area contributed by atoms with E-state index in [0.717, 1.165) is 5.56 Å². The topological polar surface area (TPSA) is 142 Å². The summed E-state index contributed by atoms with van der Waals surface area (Å²) >= 11 is 0. The normalized spacial score (nSPS) is 11.4. The van der Waals surface area contributed by atoms with Gasteiger partial charge in [0.05, 0.1) is 5.52 Å². The lowest BCUT2D eigenvalue weighted by Gasteiger charge is -2.12. The summed E-state index contributed by atoms with van der Waals surface area (Å²) in [5.41, 5.74) is 2.88. The van der Waals surface area contributed by atoms with Crippen molar-refractivity contribution in [3.05, 3.63) is 64.8 Å². The maximum absolute atomic E-state index is 12.2. The van der Waals surface area contributed by atoms with E-state index in [1.54, 1.807) is 24.4 Å². The average Bonchev–Trinajstić information content (AvgIpc) is 3.15. The zero-order valence-electron chi connectivity index (χ0n) is 18.4. The van der Waals surface area contributed by atoms with E-state index in [-0.39, 0.29) is 11.7 Å². The molecule has 0 amide bonds. The highest BCUT2D eigenvalue weighted by molar-refractivity contribution is 5.78. The highest BCUT2D eigenvalue weighted by atomic mass is 19.4. The van der Waals surface area contributed by atoms with Gasteiger partial charge in [-0.15, -0.1) is 13.2 Å². The quantitative estimate of drug-likeness (QED) is 0.254. The number of benzene rings is 2. The van der Waals surface area contributed by atoms with E-state index in [4.69, 9.17) is 14.3 Å². The summed E-state index contributed by atoms with van der Waals surface area (Å²) < 4.78 is 77.3. The van der Waals surface area contributed by atoms with Gasteiger partial charge in [0.25, 0.3) is 0 Å². The standard InChI is InChI=1S/C19H14F3N5O3.C2HF3O2/c1-10-9-23-17(25-11-2-5-13(6-3-11)30-19(20,21)22)27-16(10)24-12-4-7-15-14(8-12)26-18(28)29-15;3-2(4,5)1(6)7/h2-9H,1H3,(H,26,28)(H2,23,24,25,27);(H,6,7). The lowest BCUT2D eigenvalue weighted by atomic mass is 10.2. The molecular formula is C21H15F6N5O5. The van der Waals surface area contributed by atoms with Crippen LogP contribution in [-0.2, 0) is 4.79 Å². The first-order valence-corrected chi connectivity index (χ1v) is 9.86. The second kappa shape index (κ2) is 10.5. The minimum absolute atomic E-state index is 0.241. The number of hydrogen-bond acceptors (Lipinski definition) is 8. The van der Waals surface area contributed by atoms with Crippen LogP contribution in [0.5, 0.6) is 5.75 Å². The van der Waals surface area contributed by atoms with Crippen molar-refractivity contribution >= 4 is 40.2 Å². The van der Waals surface area contributed by atoms with Crippen LogP contribution >= 0.6 is 0 Å². The molecule has 0 radical (unpaired) electrons. The van der Waals surface area contributed by atoms with E-state index in [2.05, 4.69) is 30.3 Å². The molecule has 0 fully saturated rings. The van der Waals surface area contributed by atoms with Crippen LogP contribution in [0.2, 0.25) is 0 Å². The Morgan fingerprint density at radius 2 is 1.65 bits per heavy atom. The Morgan fingerprint density at radius 3 is 2.24 bits per heavy atom. The first kappa shape index (κ1) is 26.8. The van der Waals surface area contributed by atoms with E-state index in [1.165, 1.54) is 24.3 Å². The lowest BCUT2D eigenvalue weighted by molar-refractivity contribution is -0.274. The van der Waals surface area contributed by atoms with Gasteiger partial charge in [-0.3, -0.25) is 4.98 Å². The molecule has 0 saturated carbocycles. The van der Waals surface area contributed by atoms with E-state index in [1.807, 2.05) is 6.92 Å². The van der Waals surface area contributed by atoms with Crippen molar-refractivity contribution in [1.82, 2.24) is 15.0 Å². The molecule has 37 heavy (non-hydrogen) atoms. The van der Waals surface area contributed by atoms with Gasteiger partial charge in [0.2, 0.25) is 5.95 Å². The van der Waals surface area contributed by atoms with Crippen molar-refractivity contribution in [2.24, 2.45) is 0 Å². The molecular weight excluding hydrogens is 516 g/mol. The minimum Gasteiger partial charge on any atom is -0.475 e. The third-order valence-corrected chi connectivity index (χ3v) is 4.24. The van der Waals surface area contributed by atoms with Gasteiger partial charge in [0.1, 0.15) is 11.6 Å². The van der Waals surface area contributed by atoms with E-state index in [9.17, 15) is 31.1 Å². The Labute approximate surface area is 201 Å². The molecule has 2 aromatic heterocycles. The summed E-state index contributed by atoms with van der Waals surface area (Å²) in [5.74, 6) is -2.88. The highest BCUT2D eigenvalue weighted by Crippen LogP contribution is 2.26. The van der Waals surface area contributed by atoms with Crippen molar-refractivity contribution in [3.63, 3.8) is 0 Å². The van der Waals surface area contributed by atoms with Crippen molar-refractivity contribution < 1.29 is 45.4 Å². The van der Waals surface area contributed by atoms with E-state index in [0.29, 0.717) is 28.3 Å². The molecule has 0 aliphatic carbocycles. The minimum atomic E-state index is -5.08. The molecule has 0 bridgehead atoms. The summed E-state index contributed by atoms with van der Waals surface area (Å²) in [6.07, 6.45) is -8.24. The van der Waals surface area contributed by atoms with Gasteiger partial charge < -0.3 is 24.9 Å².